The second kappa shape index (κ2) is 12.2. The number of anilines is 3. The van der Waals surface area contributed by atoms with E-state index in [9.17, 15) is 22.8 Å². The summed E-state index contributed by atoms with van der Waals surface area (Å²) in [6, 6.07) is 16.6. The smallest absolute Gasteiger partial charge is 0.416 e. The Bertz CT molecular complexity index is 1210. The van der Waals surface area contributed by atoms with Gasteiger partial charge in [0.2, 0.25) is 0 Å². The number of nitrogens with zero attached hydrogens (tertiary/aromatic N) is 1. The summed E-state index contributed by atoms with van der Waals surface area (Å²) < 4.78 is 45.0. The zero-order valence-electron chi connectivity index (χ0n) is 19.2. The summed E-state index contributed by atoms with van der Waals surface area (Å²) in [5.41, 5.74) is 0.0421. The molecule has 3 N–H and O–H groups in total. The number of hydrogen-bond acceptors (Lipinski definition) is 3. The molecular formula is C25H24ClF3N4O3. The Hall–Kier alpha value is -3.92. The van der Waals surface area contributed by atoms with E-state index in [1.165, 1.54) is 30.2 Å². The first-order valence-corrected chi connectivity index (χ1v) is 11.2. The van der Waals surface area contributed by atoms with Gasteiger partial charge < -0.3 is 20.7 Å². The van der Waals surface area contributed by atoms with E-state index in [1.54, 1.807) is 42.5 Å². The average molecular weight is 521 g/mol. The summed E-state index contributed by atoms with van der Waals surface area (Å²) in [5.74, 6) is 0.487. The molecule has 0 aliphatic carbocycles. The number of hydrogen-bond donors (Lipinski definition) is 3. The van der Waals surface area contributed by atoms with Crippen molar-refractivity contribution in [3.05, 3.63) is 83.4 Å². The maximum absolute atomic E-state index is 13.3. The maximum atomic E-state index is 13.3. The lowest BCUT2D eigenvalue weighted by atomic mass is 10.1. The van der Waals surface area contributed by atoms with Gasteiger partial charge in [-0.15, -0.1) is 0 Å². The van der Waals surface area contributed by atoms with Crippen LogP contribution in [-0.4, -0.2) is 32.3 Å². The second-order valence-corrected chi connectivity index (χ2v) is 8.01. The molecule has 0 spiro atoms. The third-order valence-corrected chi connectivity index (χ3v) is 5.24. The minimum atomic E-state index is -4.57. The van der Waals surface area contributed by atoms with Gasteiger partial charge in [0.15, 0.2) is 0 Å². The molecule has 36 heavy (non-hydrogen) atoms. The first kappa shape index (κ1) is 26.7. The predicted octanol–water partition coefficient (Wildman–Crippen LogP) is 6.62. The molecule has 0 radical (unpaired) electrons. The van der Waals surface area contributed by atoms with Crippen LogP contribution in [0.1, 0.15) is 12.0 Å². The highest BCUT2D eigenvalue weighted by Gasteiger charge is 2.31. The van der Waals surface area contributed by atoms with Crippen LogP contribution in [0.25, 0.3) is 0 Å². The first-order chi connectivity index (χ1) is 17.2. The van der Waals surface area contributed by atoms with E-state index < -0.39 is 23.8 Å². The number of methoxy groups -OCH3 is 1. The van der Waals surface area contributed by atoms with E-state index in [2.05, 4.69) is 16.0 Å². The number of carbonyl (C=O) groups excluding carboxylic acids is 2. The van der Waals surface area contributed by atoms with Crippen LogP contribution in [0.15, 0.2) is 72.8 Å². The van der Waals surface area contributed by atoms with E-state index in [0.29, 0.717) is 22.1 Å². The van der Waals surface area contributed by atoms with Crippen molar-refractivity contribution in [2.24, 2.45) is 0 Å². The molecule has 4 amide bonds. The summed E-state index contributed by atoms with van der Waals surface area (Å²) in [7, 11) is 1.48. The van der Waals surface area contributed by atoms with Crippen LogP contribution < -0.4 is 25.6 Å². The van der Waals surface area contributed by atoms with Gasteiger partial charge in [-0.25, -0.2) is 9.59 Å². The molecule has 0 heterocycles. The predicted molar refractivity (Wildman–Crippen MR) is 134 cm³/mol. The number of para-hydroxylation sites is 2. The molecular weight excluding hydrogens is 497 g/mol. The van der Waals surface area contributed by atoms with E-state index in [1.807, 2.05) is 0 Å². The molecule has 0 aromatic heterocycles. The number of benzene rings is 3. The van der Waals surface area contributed by atoms with Gasteiger partial charge in [0.05, 0.1) is 18.4 Å². The van der Waals surface area contributed by atoms with Gasteiger partial charge >= 0.3 is 18.2 Å². The quantitative estimate of drug-likeness (QED) is 0.292. The summed E-state index contributed by atoms with van der Waals surface area (Å²) in [6.07, 6.45) is -4.30. The van der Waals surface area contributed by atoms with Crippen molar-refractivity contribution in [3.63, 3.8) is 0 Å². The minimum absolute atomic E-state index is 0.0304. The number of rotatable bonds is 8. The second-order valence-electron chi connectivity index (χ2n) is 7.57. The van der Waals surface area contributed by atoms with Crippen molar-refractivity contribution in [3.8, 4) is 5.75 Å². The number of carbonyl (C=O) groups is 2. The fraction of sp³-hybridized carbons (Fsp3) is 0.200. The number of amides is 4. The molecule has 0 atom stereocenters. The van der Waals surface area contributed by atoms with Crippen molar-refractivity contribution in [1.82, 2.24) is 5.32 Å². The SMILES string of the molecule is COc1ccccc1NC(=O)NCCCN(C(=O)Nc1cccc(Cl)c1)c1cccc(C(F)(F)F)c1. The van der Waals surface area contributed by atoms with Gasteiger partial charge in [0, 0.05) is 29.5 Å². The van der Waals surface area contributed by atoms with Gasteiger partial charge in [0.25, 0.3) is 0 Å². The fourth-order valence-electron chi connectivity index (χ4n) is 3.31. The van der Waals surface area contributed by atoms with Crippen LogP contribution in [0.2, 0.25) is 5.02 Å². The van der Waals surface area contributed by atoms with Crippen molar-refractivity contribution in [1.29, 1.82) is 0 Å². The number of urea groups is 2. The van der Waals surface area contributed by atoms with E-state index in [-0.39, 0.29) is 25.2 Å². The molecule has 0 saturated carbocycles. The van der Waals surface area contributed by atoms with Crippen LogP contribution >= 0.6 is 11.6 Å². The number of alkyl halides is 3. The third kappa shape index (κ3) is 7.54. The van der Waals surface area contributed by atoms with Crippen LogP contribution in [0, 0.1) is 0 Å². The summed E-state index contributed by atoms with van der Waals surface area (Å²) in [6.45, 7) is 0.184. The Morgan fingerprint density at radius 2 is 1.72 bits per heavy atom. The Morgan fingerprint density at radius 3 is 2.44 bits per heavy atom. The molecule has 0 bridgehead atoms. The van der Waals surface area contributed by atoms with Crippen LogP contribution in [0.3, 0.4) is 0 Å². The lowest BCUT2D eigenvalue weighted by Gasteiger charge is -2.24. The van der Waals surface area contributed by atoms with E-state index in [4.69, 9.17) is 16.3 Å². The third-order valence-electron chi connectivity index (χ3n) is 5.01. The standard InChI is InChI=1S/C25H24ClF3N4O3/c1-36-22-12-3-2-11-21(22)32-23(34)30-13-6-14-33(20-10-4-7-17(15-20)25(27,28)29)24(35)31-19-9-5-8-18(26)16-19/h2-5,7-12,15-16H,6,13-14H2,1H3,(H,31,35)(H2,30,32,34). The molecule has 3 aromatic carbocycles. The highest BCUT2D eigenvalue weighted by atomic mass is 35.5. The Kier molecular flexibility index (Phi) is 9.02. The van der Waals surface area contributed by atoms with Crippen LogP contribution in [0.5, 0.6) is 5.75 Å². The topological polar surface area (TPSA) is 82.7 Å². The molecule has 3 rings (SSSR count). The minimum Gasteiger partial charge on any atom is -0.495 e. The molecule has 190 valence electrons. The first-order valence-electron chi connectivity index (χ1n) is 10.9. The number of halogens is 4. The van der Waals surface area contributed by atoms with Crippen LogP contribution in [-0.2, 0) is 6.18 Å². The van der Waals surface area contributed by atoms with Gasteiger partial charge in [-0.05, 0) is 55.0 Å². The summed E-state index contributed by atoms with van der Waals surface area (Å²) in [5, 5.41) is 8.35. The monoisotopic (exact) mass is 520 g/mol. The zero-order chi connectivity index (χ0) is 26.1. The lowest BCUT2D eigenvalue weighted by molar-refractivity contribution is -0.137. The van der Waals surface area contributed by atoms with Gasteiger partial charge in [0.1, 0.15) is 5.75 Å². The molecule has 3 aromatic rings. The molecule has 11 heteroatoms. The Balaban J connectivity index is 1.67. The van der Waals surface area contributed by atoms with Crippen LogP contribution in [0.4, 0.5) is 39.8 Å². The Labute approximate surface area is 211 Å². The zero-order valence-corrected chi connectivity index (χ0v) is 20.0. The number of ether oxygens (including phenoxy) is 1. The van der Waals surface area contributed by atoms with Gasteiger partial charge in [-0.3, -0.25) is 4.90 Å². The number of nitrogens with one attached hydrogen (secondary N) is 3. The molecule has 0 aliphatic rings. The van der Waals surface area contributed by atoms with Crippen molar-refractivity contribution >= 4 is 40.7 Å². The lowest BCUT2D eigenvalue weighted by Crippen LogP contribution is -2.38. The van der Waals surface area contributed by atoms with Gasteiger partial charge in [-0.1, -0.05) is 35.9 Å². The maximum Gasteiger partial charge on any atom is 0.416 e. The highest BCUT2D eigenvalue weighted by molar-refractivity contribution is 6.30. The van der Waals surface area contributed by atoms with Crippen molar-refractivity contribution in [2.45, 2.75) is 12.6 Å². The average Bonchev–Trinajstić information content (AvgIpc) is 2.84. The Morgan fingerprint density at radius 1 is 0.972 bits per heavy atom. The van der Waals surface area contributed by atoms with Crippen molar-refractivity contribution < 1.29 is 27.5 Å². The largest absolute Gasteiger partial charge is 0.495 e. The van der Waals surface area contributed by atoms with E-state index >= 15 is 0 Å². The van der Waals surface area contributed by atoms with Gasteiger partial charge in [-0.2, -0.15) is 13.2 Å². The molecule has 0 unspecified atom stereocenters. The highest BCUT2D eigenvalue weighted by Crippen LogP contribution is 2.32. The molecule has 7 nitrogen and oxygen atoms in total. The molecule has 0 aliphatic heterocycles. The fourth-order valence-corrected chi connectivity index (χ4v) is 3.50. The van der Waals surface area contributed by atoms with Crippen molar-refractivity contribution in [2.75, 3.05) is 35.7 Å². The summed E-state index contributed by atoms with van der Waals surface area (Å²) in [4.78, 5) is 26.4. The summed E-state index contributed by atoms with van der Waals surface area (Å²) >= 11 is 5.96. The normalized spacial score (nSPS) is 10.9. The molecule has 0 saturated heterocycles. The van der Waals surface area contributed by atoms with E-state index in [0.717, 1.165) is 12.1 Å². The molecule has 0 fully saturated rings.